The zero-order valence-corrected chi connectivity index (χ0v) is 14.3. The third-order valence-corrected chi connectivity index (χ3v) is 6.31. The molecule has 5 heteroatoms. The molecule has 0 radical (unpaired) electrons. The Morgan fingerprint density at radius 1 is 1.24 bits per heavy atom. The van der Waals surface area contributed by atoms with Crippen LogP contribution in [0.5, 0.6) is 0 Å². The monoisotopic (exact) mass is 310 g/mol. The summed E-state index contributed by atoms with van der Waals surface area (Å²) >= 11 is 0. The van der Waals surface area contributed by atoms with Crippen molar-refractivity contribution in [3.63, 3.8) is 0 Å². The molecular formula is C16H26N2O2S. The highest BCUT2D eigenvalue weighted by atomic mass is 32.2. The van der Waals surface area contributed by atoms with Crippen LogP contribution in [0.2, 0.25) is 0 Å². The topological polar surface area (TPSA) is 49.4 Å². The summed E-state index contributed by atoms with van der Waals surface area (Å²) < 4.78 is 28.0. The van der Waals surface area contributed by atoms with Crippen LogP contribution in [0.15, 0.2) is 17.0 Å². The molecule has 1 heterocycles. The zero-order chi connectivity index (χ0) is 15.6. The first kappa shape index (κ1) is 16.5. The Bertz CT molecular complexity index is 582. The van der Waals surface area contributed by atoms with Gasteiger partial charge in [-0.2, -0.15) is 4.31 Å². The largest absolute Gasteiger partial charge is 0.315 e. The number of benzene rings is 1. The van der Waals surface area contributed by atoms with E-state index in [4.69, 9.17) is 0 Å². The van der Waals surface area contributed by atoms with E-state index in [1.54, 1.807) is 4.31 Å². The Labute approximate surface area is 128 Å². The van der Waals surface area contributed by atoms with Crippen molar-refractivity contribution in [2.75, 3.05) is 19.6 Å². The predicted octanol–water partition coefficient (Wildman–Crippen LogP) is 2.37. The van der Waals surface area contributed by atoms with Gasteiger partial charge in [0.2, 0.25) is 10.0 Å². The smallest absolute Gasteiger partial charge is 0.243 e. The average molecular weight is 310 g/mol. The molecule has 0 bridgehead atoms. The highest BCUT2D eigenvalue weighted by molar-refractivity contribution is 7.89. The Morgan fingerprint density at radius 2 is 1.86 bits per heavy atom. The lowest BCUT2D eigenvalue weighted by Gasteiger charge is -2.28. The molecular weight excluding hydrogens is 284 g/mol. The minimum Gasteiger partial charge on any atom is -0.315 e. The van der Waals surface area contributed by atoms with Crippen LogP contribution in [-0.2, 0) is 10.0 Å². The fourth-order valence-electron chi connectivity index (χ4n) is 3.30. The molecule has 2 rings (SSSR count). The van der Waals surface area contributed by atoms with Gasteiger partial charge in [-0.15, -0.1) is 0 Å². The number of hydrogen-bond acceptors (Lipinski definition) is 3. The maximum atomic E-state index is 13.2. The molecule has 1 saturated heterocycles. The summed E-state index contributed by atoms with van der Waals surface area (Å²) in [5.74, 6) is 0. The van der Waals surface area contributed by atoms with Crippen LogP contribution in [0.3, 0.4) is 0 Å². The molecule has 1 aliphatic heterocycles. The SMILES string of the molecule is CCCN(C1CCNC1)S(=O)(=O)c1c(C)cc(C)cc1C. The van der Waals surface area contributed by atoms with Gasteiger partial charge in [0.25, 0.3) is 0 Å². The minimum absolute atomic E-state index is 0.0788. The van der Waals surface area contributed by atoms with Crippen molar-refractivity contribution in [2.24, 2.45) is 0 Å². The lowest BCUT2D eigenvalue weighted by atomic mass is 10.1. The Morgan fingerprint density at radius 3 is 2.33 bits per heavy atom. The van der Waals surface area contributed by atoms with E-state index in [0.717, 1.165) is 42.6 Å². The van der Waals surface area contributed by atoms with Crippen molar-refractivity contribution in [3.8, 4) is 0 Å². The minimum atomic E-state index is -3.43. The first-order valence-electron chi connectivity index (χ1n) is 7.68. The van der Waals surface area contributed by atoms with E-state index in [0.29, 0.717) is 11.4 Å². The van der Waals surface area contributed by atoms with E-state index >= 15 is 0 Å². The van der Waals surface area contributed by atoms with Gasteiger partial charge in [0, 0.05) is 19.1 Å². The van der Waals surface area contributed by atoms with Crippen LogP contribution in [0.4, 0.5) is 0 Å². The molecule has 1 atom stereocenters. The lowest BCUT2D eigenvalue weighted by Crippen LogP contribution is -2.42. The standard InChI is InChI=1S/C16H26N2O2S/c1-5-8-18(15-6-7-17-11-15)21(19,20)16-13(3)9-12(2)10-14(16)4/h9-10,15,17H,5-8,11H2,1-4H3. The molecule has 1 fully saturated rings. The molecule has 1 aliphatic rings. The van der Waals surface area contributed by atoms with E-state index in [2.05, 4.69) is 5.32 Å². The van der Waals surface area contributed by atoms with Gasteiger partial charge in [-0.3, -0.25) is 0 Å². The van der Waals surface area contributed by atoms with E-state index in [1.807, 2.05) is 39.8 Å². The molecule has 0 aliphatic carbocycles. The molecule has 0 aromatic heterocycles. The first-order valence-corrected chi connectivity index (χ1v) is 9.12. The second kappa shape index (κ2) is 6.46. The second-order valence-corrected chi connectivity index (χ2v) is 7.82. The second-order valence-electron chi connectivity index (χ2n) is 5.99. The number of rotatable bonds is 5. The van der Waals surface area contributed by atoms with E-state index in [9.17, 15) is 8.42 Å². The van der Waals surface area contributed by atoms with Gasteiger partial charge in [-0.05, 0) is 51.3 Å². The van der Waals surface area contributed by atoms with Gasteiger partial charge in [0.15, 0.2) is 0 Å². The van der Waals surface area contributed by atoms with Gasteiger partial charge in [0.1, 0.15) is 0 Å². The zero-order valence-electron chi connectivity index (χ0n) is 13.4. The molecule has 0 spiro atoms. The quantitative estimate of drug-likeness (QED) is 0.908. The molecule has 0 amide bonds. The fourth-order valence-corrected chi connectivity index (χ4v) is 5.46. The Hall–Kier alpha value is -0.910. The number of nitrogens with zero attached hydrogens (tertiary/aromatic N) is 1. The van der Waals surface area contributed by atoms with E-state index in [-0.39, 0.29) is 6.04 Å². The van der Waals surface area contributed by atoms with Crippen molar-refractivity contribution >= 4 is 10.0 Å². The molecule has 1 unspecified atom stereocenters. The summed E-state index contributed by atoms with van der Waals surface area (Å²) in [5, 5.41) is 3.27. The summed E-state index contributed by atoms with van der Waals surface area (Å²) in [6, 6.07) is 3.99. The normalized spacial score (nSPS) is 19.4. The van der Waals surface area contributed by atoms with Crippen LogP contribution in [-0.4, -0.2) is 38.4 Å². The maximum Gasteiger partial charge on any atom is 0.243 e. The molecule has 21 heavy (non-hydrogen) atoms. The summed E-state index contributed by atoms with van der Waals surface area (Å²) in [7, 11) is -3.43. The summed E-state index contributed by atoms with van der Waals surface area (Å²) in [6.07, 6.45) is 1.73. The van der Waals surface area contributed by atoms with Gasteiger partial charge >= 0.3 is 0 Å². The highest BCUT2D eigenvalue weighted by Crippen LogP contribution is 2.28. The van der Waals surface area contributed by atoms with Crippen LogP contribution in [0.25, 0.3) is 0 Å². The van der Waals surface area contributed by atoms with Crippen LogP contribution in [0, 0.1) is 20.8 Å². The highest BCUT2D eigenvalue weighted by Gasteiger charge is 2.34. The average Bonchev–Trinajstić information content (AvgIpc) is 2.87. The number of nitrogens with one attached hydrogen (secondary N) is 1. The van der Waals surface area contributed by atoms with Gasteiger partial charge < -0.3 is 5.32 Å². The molecule has 1 N–H and O–H groups in total. The number of sulfonamides is 1. The van der Waals surface area contributed by atoms with Gasteiger partial charge in [0.05, 0.1) is 4.90 Å². The molecule has 0 saturated carbocycles. The molecule has 1 aromatic rings. The number of hydrogen-bond donors (Lipinski definition) is 1. The predicted molar refractivity (Wildman–Crippen MR) is 86.1 cm³/mol. The third-order valence-electron chi connectivity index (χ3n) is 4.06. The number of aryl methyl sites for hydroxylation is 3. The van der Waals surface area contributed by atoms with Crippen LogP contribution >= 0.6 is 0 Å². The Balaban J connectivity index is 2.48. The van der Waals surface area contributed by atoms with E-state index < -0.39 is 10.0 Å². The van der Waals surface area contributed by atoms with E-state index in [1.165, 1.54) is 0 Å². The Kier molecular flexibility index (Phi) is 5.07. The molecule has 4 nitrogen and oxygen atoms in total. The van der Waals surface area contributed by atoms with Crippen LogP contribution in [0.1, 0.15) is 36.5 Å². The van der Waals surface area contributed by atoms with Crippen LogP contribution < -0.4 is 5.32 Å². The van der Waals surface area contributed by atoms with Crippen molar-refractivity contribution < 1.29 is 8.42 Å². The lowest BCUT2D eigenvalue weighted by molar-refractivity contribution is 0.334. The van der Waals surface area contributed by atoms with Crippen molar-refractivity contribution in [2.45, 2.75) is 51.5 Å². The maximum absolute atomic E-state index is 13.2. The third kappa shape index (κ3) is 3.30. The van der Waals surface area contributed by atoms with Crippen molar-refractivity contribution in [1.29, 1.82) is 0 Å². The molecule has 118 valence electrons. The molecule has 1 aromatic carbocycles. The fraction of sp³-hybridized carbons (Fsp3) is 0.625. The first-order chi connectivity index (χ1) is 9.87. The summed E-state index contributed by atoms with van der Waals surface area (Å²) in [5.41, 5.74) is 2.80. The summed E-state index contributed by atoms with van der Waals surface area (Å²) in [4.78, 5) is 0.494. The van der Waals surface area contributed by atoms with Crippen molar-refractivity contribution in [1.82, 2.24) is 9.62 Å². The van der Waals surface area contributed by atoms with Gasteiger partial charge in [-0.1, -0.05) is 24.6 Å². The van der Waals surface area contributed by atoms with Gasteiger partial charge in [-0.25, -0.2) is 8.42 Å². The van der Waals surface area contributed by atoms with Crippen molar-refractivity contribution in [3.05, 3.63) is 28.8 Å². The summed E-state index contributed by atoms with van der Waals surface area (Å²) in [6.45, 7) is 10.0.